The number of aliphatic hydroxyl groups excluding tert-OH is 1. The summed E-state index contributed by atoms with van der Waals surface area (Å²) >= 11 is 0. The number of phenols is 4. The van der Waals surface area contributed by atoms with Crippen LogP contribution < -0.4 is 21.3 Å². The fourth-order valence-corrected chi connectivity index (χ4v) is 13.9. The molecular formula is C99H70N32O9. The lowest BCUT2D eigenvalue weighted by Crippen LogP contribution is -2.17. The maximum Gasteiger partial charge on any atom is 0.259 e. The third-order valence-electron chi connectivity index (χ3n) is 20.8. The molecule has 0 aliphatic carbocycles. The minimum atomic E-state index is -0.555. The molecule has 0 aliphatic heterocycles. The summed E-state index contributed by atoms with van der Waals surface area (Å²) in [6.45, 7) is 33.5. The van der Waals surface area contributed by atoms with Gasteiger partial charge in [-0.2, -0.15) is 39.1 Å². The second-order valence-electron chi connectivity index (χ2n) is 29.6. The van der Waals surface area contributed by atoms with Crippen molar-refractivity contribution in [2.45, 2.75) is 26.9 Å². The van der Waals surface area contributed by atoms with Crippen LogP contribution >= 0.6 is 0 Å². The number of fused-ring (bicyclic) bond motifs is 4. The van der Waals surface area contributed by atoms with Crippen molar-refractivity contribution in [3.05, 3.63) is 377 Å². The Morgan fingerprint density at radius 1 is 0.329 bits per heavy atom. The number of aromatic nitrogens is 16. The number of aliphatic hydroxyl groups is 1. The summed E-state index contributed by atoms with van der Waals surface area (Å²) in [7, 11) is 1.47. The van der Waals surface area contributed by atoms with Crippen molar-refractivity contribution < 1.29 is 44.7 Å². The lowest BCUT2D eigenvalue weighted by Gasteiger charge is -2.12. The third kappa shape index (κ3) is 20.2. The molecule has 4 amide bonds. The van der Waals surface area contributed by atoms with E-state index in [4.69, 9.17) is 26.3 Å². The van der Waals surface area contributed by atoms with Crippen molar-refractivity contribution >= 4 is 153 Å². The number of hydrogen-bond donors (Lipinski definition) is 9. The topological polar surface area (TPSA) is 508 Å². The number of anilines is 3. The molecule has 0 bridgehead atoms. The van der Waals surface area contributed by atoms with Gasteiger partial charge in [0.05, 0.1) is 79.9 Å². The van der Waals surface area contributed by atoms with Crippen molar-refractivity contribution in [2.75, 3.05) is 23.0 Å². The Bertz CT molecular complexity index is 8240. The molecule has 19 aromatic rings. The molecule has 0 saturated carbocycles. The van der Waals surface area contributed by atoms with Crippen molar-refractivity contribution in [1.82, 2.24) is 84.3 Å². The van der Waals surface area contributed by atoms with Crippen LogP contribution in [-0.2, 0) is 13.0 Å². The van der Waals surface area contributed by atoms with Gasteiger partial charge in [-0.15, -0.1) is 40.9 Å². The van der Waals surface area contributed by atoms with Crippen LogP contribution in [0.2, 0.25) is 0 Å². The summed E-state index contributed by atoms with van der Waals surface area (Å²) in [6, 6.07) is 63.1. The molecule has 0 unspecified atom stereocenters. The number of aromatic hydroxyl groups is 4. The predicted molar refractivity (Wildman–Crippen MR) is 517 cm³/mol. The van der Waals surface area contributed by atoms with E-state index < -0.39 is 29.4 Å². The Morgan fingerprint density at radius 2 is 0.607 bits per heavy atom. The van der Waals surface area contributed by atoms with Crippen LogP contribution in [0.4, 0.5) is 85.8 Å². The number of benzene rings is 11. The Kier molecular flexibility index (Phi) is 28.0. The quantitative estimate of drug-likeness (QED) is 0.0238. The van der Waals surface area contributed by atoms with Gasteiger partial charge in [0.2, 0.25) is 0 Å². The van der Waals surface area contributed by atoms with E-state index >= 15 is 0 Å². The Morgan fingerprint density at radius 3 is 0.914 bits per heavy atom. The Labute approximate surface area is 792 Å². The molecule has 9 N–H and O–H groups in total. The zero-order valence-corrected chi connectivity index (χ0v) is 73.5. The maximum atomic E-state index is 13.1. The minimum Gasteiger partial charge on any atom is -0.505 e. The highest BCUT2D eigenvalue weighted by Gasteiger charge is 2.27. The molecule has 680 valence electrons. The number of nitrogens with zero attached hydrogens (tertiary/aromatic N) is 28. The van der Waals surface area contributed by atoms with E-state index in [2.05, 4.69) is 149 Å². The van der Waals surface area contributed by atoms with Crippen molar-refractivity contribution in [3.8, 4) is 46.8 Å². The second kappa shape index (κ2) is 42.5. The summed E-state index contributed by atoms with van der Waals surface area (Å²) in [5.74, 6) is -2.23. The number of para-hydroxylation sites is 1. The summed E-state index contributed by atoms with van der Waals surface area (Å²) in [4.78, 5) is 98.3. The highest BCUT2D eigenvalue weighted by atomic mass is 16.3. The number of rotatable bonds is 21. The van der Waals surface area contributed by atoms with Crippen molar-refractivity contribution in [3.63, 3.8) is 0 Å². The molecule has 140 heavy (non-hydrogen) atoms. The van der Waals surface area contributed by atoms with Crippen LogP contribution in [0.5, 0.6) is 23.0 Å². The number of hydrogen-bond acceptors (Lipinski definition) is 29. The van der Waals surface area contributed by atoms with Gasteiger partial charge >= 0.3 is 0 Å². The summed E-state index contributed by atoms with van der Waals surface area (Å²) in [6.07, 6.45) is 18.5. The predicted octanol–water partition coefficient (Wildman–Crippen LogP) is 21.4. The van der Waals surface area contributed by atoms with Crippen LogP contribution in [0.25, 0.3) is 86.3 Å². The molecule has 0 saturated heterocycles. The van der Waals surface area contributed by atoms with E-state index in [9.17, 15) is 44.7 Å². The second-order valence-corrected chi connectivity index (χ2v) is 29.6. The number of carbonyl (C=O) groups is 4. The Hall–Kier alpha value is -21.0. The van der Waals surface area contributed by atoms with Gasteiger partial charge in [-0.1, -0.05) is 140 Å². The molecule has 0 aliphatic rings. The molecule has 0 spiro atoms. The SMILES string of the molecule is [C-]#[N+]c1cnn(-c2ncccn2)c1N=Nc1c(O)c(C(=O)NC)cc2ccccc12.[C-]#[N+]c1cnn(-c2ncccn2)c1N=Nc1c(O)c(C(=O)Nc2ccc(C)cc2)cc2ccccc12.[C-]#[N+]c1cnn(-c2ncccn2)c1N=Nc1c(O)c(C(=O)Nc2ccc(CC)cc2)cc2ccccc12.[C-]#[N+]c1cnn(-c2ncccn2)c1N=Nc1c(O)c(C(=O)Nc2ccccc2)cc2cc(CO)ccc12. The number of nitrogens with one attached hydrogen (secondary N) is 4. The molecule has 19 rings (SSSR count). The number of amides is 4. The van der Waals surface area contributed by atoms with Gasteiger partial charge in [0, 0.05) is 95.2 Å². The molecule has 0 radical (unpaired) electrons. The number of phenolic OH excluding ortho intramolecular Hbond substituents is 4. The monoisotopic (exact) mass is 1850 g/mol. The normalized spacial score (nSPS) is 11.0. The summed E-state index contributed by atoms with van der Waals surface area (Å²) < 4.78 is 5.10. The molecule has 0 fully saturated rings. The van der Waals surface area contributed by atoms with E-state index in [1.807, 2.05) is 79.7 Å². The van der Waals surface area contributed by atoms with Gasteiger partial charge in [0.1, 0.15) is 22.7 Å². The van der Waals surface area contributed by atoms with Gasteiger partial charge in [0.25, 0.3) is 70.2 Å². The molecule has 8 aromatic heterocycles. The van der Waals surface area contributed by atoms with E-state index in [0.29, 0.717) is 65.7 Å². The molecule has 8 heterocycles. The summed E-state index contributed by atoms with van der Waals surface area (Å²) in [5, 5.41) is 120. The number of azo groups is 4. The van der Waals surface area contributed by atoms with Crippen molar-refractivity contribution in [2.24, 2.45) is 40.9 Å². The zero-order valence-electron chi connectivity index (χ0n) is 73.5. The smallest absolute Gasteiger partial charge is 0.259 e. The number of carbonyl (C=O) groups excluding carboxylic acids is 4. The number of aryl methyl sites for hydroxylation is 2. The first-order chi connectivity index (χ1) is 68.3. The highest BCUT2D eigenvalue weighted by molar-refractivity contribution is 6.15. The molecule has 11 aromatic carbocycles. The lowest BCUT2D eigenvalue weighted by molar-refractivity contribution is 0.0958. The lowest BCUT2D eigenvalue weighted by atomic mass is 10.0. The van der Waals surface area contributed by atoms with Crippen LogP contribution in [0, 0.1) is 33.2 Å². The molecule has 0 atom stereocenters. The average molecular weight is 1850 g/mol. The fourth-order valence-electron chi connectivity index (χ4n) is 13.9. The third-order valence-corrected chi connectivity index (χ3v) is 20.8. The van der Waals surface area contributed by atoms with Gasteiger partial charge in [0.15, 0.2) is 46.3 Å². The van der Waals surface area contributed by atoms with Gasteiger partial charge < -0.3 is 46.8 Å². The Balaban J connectivity index is 0.000000135. The van der Waals surface area contributed by atoms with E-state index in [-0.39, 0.29) is 139 Å². The van der Waals surface area contributed by atoms with Gasteiger partial charge in [-0.25, -0.2) is 59.3 Å². The van der Waals surface area contributed by atoms with E-state index in [1.165, 1.54) is 93.8 Å². The zero-order chi connectivity index (χ0) is 97.7. The first kappa shape index (κ1) is 92.3. The van der Waals surface area contributed by atoms with E-state index in [1.54, 1.807) is 152 Å². The van der Waals surface area contributed by atoms with Crippen LogP contribution in [0.1, 0.15) is 65.0 Å². The van der Waals surface area contributed by atoms with Crippen LogP contribution in [0.15, 0.2) is 334 Å². The van der Waals surface area contributed by atoms with Gasteiger partial charge in [-0.3, -0.25) is 19.2 Å². The van der Waals surface area contributed by atoms with Crippen LogP contribution in [0.3, 0.4) is 0 Å². The van der Waals surface area contributed by atoms with Crippen LogP contribution in [-0.4, -0.2) is 135 Å². The molecule has 41 nitrogen and oxygen atoms in total. The van der Waals surface area contributed by atoms with Gasteiger partial charge in [-0.05, 0) is 137 Å². The highest BCUT2D eigenvalue weighted by Crippen LogP contribution is 2.47. The van der Waals surface area contributed by atoms with E-state index in [0.717, 1.165) is 17.5 Å². The first-order valence-electron chi connectivity index (χ1n) is 41.9. The molecule has 41 heteroatoms. The average Bonchev–Trinajstić information content (AvgIpc) is 1.12. The first-order valence-corrected chi connectivity index (χ1v) is 41.9. The standard InChI is InChI=1S/C27H20N8O2.C26H18N8O3.C26H18N8O2.C20H14N8O2/c1-3-17-9-11-19(12-10-17)32-26(37)21-15-18-7-4-5-8-20(18)23(24(21)36)33-34-25-22(28-2)16-31-35(25)27-29-13-6-14-30-27;1-27-21-14-30-34(26-28-10-5-11-29-26)24(21)33-32-22-19-9-8-16(15-35)12-17(19)13-20(23(22)36)25(37)31-18-6-3-2-4-7-18;1-16-8-10-18(11-9-16)31-25(36)20-14-17-6-3-4-7-19(17)22(23(20)35)32-33-24-21(27-2)15-30-34(24)26-28-12-5-13-29-26;1-21-15-11-25-28(20-23-8-5-9-24-20)18(15)27-26-16-13-7-4-3-6-12(13)10-14(17(16)29)19(30)22-2/h4-16,36H,3H2,1H3,(H,32,37);2-14,35-36H,15H2,(H,31,37);3-15,35H,1H3,(H,31,36);3-11,29H,2H3,(H,22,30). The minimum absolute atomic E-state index is 0.0119. The molecular weight excluding hydrogens is 1780 g/mol. The fraction of sp³-hybridized carbons (Fsp3) is 0.0505. The summed E-state index contributed by atoms with van der Waals surface area (Å²) in [5.41, 5.74) is 5.44. The largest absolute Gasteiger partial charge is 0.505 e. The maximum absolute atomic E-state index is 13.1. The van der Waals surface area contributed by atoms with Crippen molar-refractivity contribution in [1.29, 1.82) is 0 Å².